The minimum atomic E-state index is -0.226. The van der Waals surface area contributed by atoms with E-state index in [4.69, 9.17) is 22.4 Å². The molecule has 0 aliphatic carbocycles. The third kappa shape index (κ3) is 2.88. The van der Waals surface area contributed by atoms with Gasteiger partial charge in [0.25, 0.3) is 0 Å². The van der Waals surface area contributed by atoms with E-state index in [0.29, 0.717) is 6.42 Å². The standard InChI is InChI=1S/C13H15ClN2O/c14-10-3-5-12(6-4-10)16-7-1-2-13(16)8-11(15)9-17/h1-7,11,17H,8-9,15H2. The van der Waals surface area contributed by atoms with E-state index < -0.39 is 0 Å². The van der Waals surface area contributed by atoms with Crippen LogP contribution in [0.15, 0.2) is 42.6 Å². The van der Waals surface area contributed by atoms with Gasteiger partial charge < -0.3 is 15.4 Å². The van der Waals surface area contributed by atoms with Gasteiger partial charge in [-0.05, 0) is 36.4 Å². The van der Waals surface area contributed by atoms with Crippen molar-refractivity contribution in [3.05, 3.63) is 53.3 Å². The van der Waals surface area contributed by atoms with Gasteiger partial charge >= 0.3 is 0 Å². The third-order valence-corrected chi connectivity index (χ3v) is 2.90. The highest BCUT2D eigenvalue weighted by molar-refractivity contribution is 6.30. The van der Waals surface area contributed by atoms with Crippen LogP contribution in [-0.2, 0) is 6.42 Å². The number of nitrogens with two attached hydrogens (primary N) is 1. The Bertz CT molecular complexity index is 478. The largest absolute Gasteiger partial charge is 0.395 e. The first-order valence-electron chi connectivity index (χ1n) is 5.49. The van der Waals surface area contributed by atoms with Gasteiger partial charge in [0.05, 0.1) is 6.61 Å². The van der Waals surface area contributed by atoms with Gasteiger partial charge in [0.2, 0.25) is 0 Å². The number of halogens is 1. The molecule has 1 aromatic heterocycles. The summed E-state index contributed by atoms with van der Waals surface area (Å²) in [6.45, 7) is -0.00814. The van der Waals surface area contributed by atoms with E-state index in [1.807, 2.05) is 47.2 Å². The summed E-state index contributed by atoms with van der Waals surface area (Å²) in [6.07, 6.45) is 2.62. The lowest BCUT2D eigenvalue weighted by molar-refractivity contribution is 0.264. The Morgan fingerprint density at radius 1 is 1.24 bits per heavy atom. The fourth-order valence-corrected chi connectivity index (χ4v) is 1.90. The van der Waals surface area contributed by atoms with E-state index in [2.05, 4.69) is 0 Å². The number of rotatable bonds is 4. The second-order valence-corrected chi connectivity index (χ2v) is 4.43. The zero-order chi connectivity index (χ0) is 12.3. The molecule has 2 aromatic rings. The highest BCUT2D eigenvalue weighted by Gasteiger charge is 2.07. The second-order valence-electron chi connectivity index (χ2n) is 3.99. The predicted octanol–water partition coefficient (Wildman–Crippen LogP) is 1.99. The Labute approximate surface area is 105 Å². The van der Waals surface area contributed by atoms with Gasteiger partial charge in [0.15, 0.2) is 0 Å². The molecule has 0 spiro atoms. The average molecular weight is 251 g/mol. The van der Waals surface area contributed by atoms with Gasteiger partial charge in [-0.15, -0.1) is 0 Å². The molecule has 0 aliphatic heterocycles. The van der Waals surface area contributed by atoms with Crippen LogP contribution in [0.25, 0.3) is 5.69 Å². The molecule has 1 unspecified atom stereocenters. The van der Waals surface area contributed by atoms with E-state index >= 15 is 0 Å². The number of aliphatic hydroxyl groups is 1. The molecule has 0 saturated carbocycles. The zero-order valence-electron chi connectivity index (χ0n) is 9.38. The Kier molecular flexibility index (Phi) is 3.84. The van der Waals surface area contributed by atoms with Crippen molar-refractivity contribution < 1.29 is 5.11 Å². The maximum atomic E-state index is 8.98. The summed E-state index contributed by atoms with van der Waals surface area (Å²) in [6, 6.07) is 11.4. The Hall–Kier alpha value is -1.29. The average Bonchev–Trinajstić information content (AvgIpc) is 2.78. The van der Waals surface area contributed by atoms with Crippen molar-refractivity contribution in [3.8, 4) is 5.69 Å². The minimum Gasteiger partial charge on any atom is -0.395 e. The number of nitrogens with zero attached hydrogens (tertiary/aromatic N) is 1. The molecule has 1 atom stereocenters. The molecule has 3 N–H and O–H groups in total. The Morgan fingerprint density at radius 2 is 1.94 bits per heavy atom. The second kappa shape index (κ2) is 5.36. The lowest BCUT2D eigenvalue weighted by Crippen LogP contribution is -2.27. The van der Waals surface area contributed by atoms with Crippen LogP contribution in [0.3, 0.4) is 0 Å². The van der Waals surface area contributed by atoms with Crippen LogP contribution in [0, 0.1) is 0 Å². The van der Waals surface area contributed by atoms with Gasteiger partial charge in [-0.2, -0.15) is 0 Å². The van der Waals surface area contributed by atoms with Gasteiger partial charge in [-0.25, -0.2) is 0 Å². The highest BCUT2D eigenvalue weighted by Crippen LogP contribution is 2.16. The van der Waals surface area contributed by atoms with E-state index in [1.54, 1.807) is 0 Å². The molecule has 0 saturated heterocycles. The molecule has 0 aliphatic rings. The Balaban J connectivity index is 2.27. The van der Waals surface area contributed by atoms with Crippen LogP contribution in [0.5, 0.6) is 0 Å². The van der Waals surface area contributed by atoms with Gasteiger partial charge in [-0.3, -0.25) is 0 Å². The van der Waals surface area contributed by atoms with Crippen LogP contribution in [0.2, 0.25) is 5.02 Å². The number of hydrogen-bond donors (Lipinski definition) is 2. The van der Waals surface area contributed by atoms with Gasteiger partial charge in [0.1, 0.15) is 0 Å². The maximum absolute atomic E-state index is 8.98. The number of benzene rings is 1. The van der Waals surface area contributed by atoms with Crippen LogP contribution >= 0.6 is 11.6 Å². The molecule has 90 valence electrons. The van der Waals surface area contributed by atoms with Crippen molar-refractivity contribution in [1.29, 1.82) is 0 Å². The normalized spacial score (nSPS) is 12.6. The molecule has 0 fully saturated rings. The zero-order valence-corrected chi connectivity index (χ0v) is 10.1. The summed E-state index contributed by atoms with van der Waals surface area (Å²) >= 11 is 5.86. The first-order valence-corrected chi connectivity index (χ1v) is 5.87. The smallest absolute Gasteiger partial charge is 0.0586 e. The van der Waals surface area contributed by atoms with Crippen molar-refractivity contribution in [3.63, 3.8) is 0 Å². The van der Waals surface area contributed by atoms with Gasteiger partial charge in [0, 0.05) is 35.1 Å². The predicted molar refractivity (Wildman–Crippen MR) is 69.5 cm³/mol. The first kappa shape index (κ1) is 12.2. The van der Waals surface area contributed by atoms with Gasteiger partial charge in [-0.1, -0.05) is 11.6 Å². The third-order valence-electron chi connectivity index (χ3n) is 2.64. The maximum Gasteiger partial charge on any atom is 0.0586 e. The van der Waals surface area contributed by atoms with Crippen LogP contribution < -0.4 is 5.73 Å². The number of aliphatic hydroxyl groups excluding tert-OH is 1. The van der Waals surface area contributed by atoms with E-state index in [0.717, 1.165) is 16.4 Å². The summed E-state index contributed by atoms with van der Waals surface area (Å²) in [7, 11) is 0. The summed E-state index contributed by atoms with van der Waals surface area (Å²) in [5.41, 5.74) is 7.87. The quantitative estimate of drug-likeness (QED) is 0.872. The monoisotopic (exact) mass is 250 g/mol. The first-order chi connectivity index (χ1) is 8.20. The highest BCUT2D eigenvalue weighted by atomic mass is 35.5. The van der Waals surface area contributed by atoms with Crippen molar-refractivity contribution in [1.82, 2.24) is 4.57 Å². The molecule has 2 rings (SSSR count). The van der Waals surface area contributed by atoms with E-state index in [9.17, 15) is 0 Å². The molecule has 4 heteroatoms. The summed E-state index contributed by atoms with van der Waals surface area (Å²) in [5, 5.41) is 9.70. The van der Waals surface area contributed by atoms with Crippen molar-refractivity contribution in [2.24, 2.45) is 5.73 Å². The van der Waals surface area contributed by atoms with Crippen LogP contribution in [0.1, 0.15) is 5.69 Å². The van der Waals surface area contributed by atoms with Crippen molar-refractivity contribution in [2.45, 2.75) is 12.5 Å². The molecule has 0 amide bonds. The minimum absolute atomic E-state index is 0.00814. The fraction of sp³-hybridized carbons (Fsp3) is 0.231. The van der Waals surface area contributed by atoms with E-state index in [1.165, 1.54) is 0 Å². The molecule has 0 radical (unpaired) electrons. The number of hydrogen-bond acceptors (Lipinski definition) is 2. The fourth-order valence-electron chi connectivity index (χ4n) is 1.77. The van der Waals surface area contributed by atoms with Crippen molar-refractivity contribution >= 4 is 11.6 Å². The molecular weight excluding hydrogens is 236 g/mol. The summed E-state index contributed by atoms with van der Waals surface area (Å²) < 4.78 is 2.05. The summed E-state index contributed by atoms with van der Waals surface area (Å²) in [4.78, 5) is 0. The lowest BCUT2D eigenvalue weighted by Gasteiger charge is -2.12. The van der Waals surface area contributed by atoms with Crippen LogP contribution in [0.4, 0.5) is 0 Å². The molecule has 1 aromatic carbocycles. The lowest BCUT2D eigenvalue weighted by atomic mass is 10.2. The molecular formula is C13H15ClN2O. The SMILES string of the molecule is NC(CO)Cc1cccn1-c1ccc(Cl)cc1. The van der Waals surface area contributed by atoms with Crippen molar-refractivity contribution in [2.75, 3.05) is 6.61 Å². The molecule has 3 nitrogen and oxygen atoms in total. The van der Waals surface area contributed by atoms with E-state index in [-0.39, 0.29) is 12.6 Å². The number of aromatic nitrogens is 1. The molecule has 17 heavy (non-hydrogen) atoms. The molecule has 1 heterocycles. The topological polar surface area (TPSA) is 51.2 Å². The summed E-state index contributed by atoms with van der Waals surface area (Å²) in [5.74, 6) is 0. The van der Waals surface area contributed by atoms with Crippen LogP contribution in [-0.4, -0.2) is 22.3 Å². The Morgan fingerprint density at radius 3 is 2.59 bits per heavy atom. The molecule has 0 bridgehead atoms.